The zero-order valence-electron chi connectivity index (χ0n) is 11.4. The van der Waals surface area contributed by atoms with Gasteiger partial charge < -0.3 is 10.4 Å². The van der Waals surface area contributed by atoms with Gasteiger partial charge in [0.15, 0.2) is 0 Å². The van der Waals surface area contributed by atoms with Gasteiger partial charge in [0, 0.05) is 16.7 Å². The van der Waals surface area contributed by atoms with Gasteiger partial charge in [-0.3, -0.25) is 9.59 Å². The van der Waals surface area contributed by atoms with Crippen LogP contribution in [0.25, 0.3) is 0 Å². The summed E-state index contributed by atoms with van der Waals surface area (Å²) >= 11 is 3.24. The number of thiophene rings is 1. The minimum absolute atomic E-state index is 0.0640. The zero-order chi connectivity index (χ0) is 14.6. The van der Waals surface area contributed by atoms with Gasteiger partial charge in [0.25, 0.3) is 0 Å². The molecule has 4 nitrogen and oxygen atoms in total. The molecule has 1 aromatic heterocycles. The predicted molar refractivity (Wildman–Crippen MR) is 82.0 cm³/mol. The molecular weight excluding hydrogens is 294 g/mol. The summed E-state index contributed by atoms with van der Waals surface area (Å²) in [5.41, 5.74) is -0.811. The Balaban J connectivity index is 1.78. The summed E-state index contributed by atoms with van der Waals surface area (Å²) in [6, 6.07) is 3.81. The van der Waals surface area contributed by atoms with E-state index in [0.717, 1.165) is 18.6 Å². The Bertz CT molecular complexity index is 475. The summed E-state index contributed by atoms with van der Waals surface area (Å²) in [4.78, 5) is 24.5. The number of nitrogens with one attached hydrogen (secondary N) is 1. The van der Waals surface area contributed by atoms with Crippen LogP contribution in [-0.4, -0.2) is 28.8 Å². The van der Waals surface area contributed by atoms with E-state index in [4.69, 9.17) is 0 Å². The van der Waals surface area contributed by atoms with Crippen LogP contribution in [0.3, 0.4) is 0 Å². The van der Waals surface area contributed by atoms with Crippen molar-refractivity contribution in [3.05, 3.63) is 22.4 Å². The Morgan fingerprint density at radius 1 is 1.60 bits per heavy atom. The molecule has 2 N–H and O–H groups in total. The lowest BCUT2D eigenvalue weighted by Crippen LogP contribution is -2.47. The molecular formula is C14H19NO3S2. The minimum atomic E-state index is -0.813. The van der Waals surface area contributed by atoms with Crippen LogP contribution in [0.4, 0.5) is 0 Å². The van der Waals surface area contributed by atoms with Gasteiger partial charge in [0.05, 0.1) is 11.2 Å². The summed E-state index contributed by atoms with van der Waals surface area (Å²) in [5.74, 6) is 0.327. The zero-order valence-corrected chi connectivity index (χ0v) is 13.1. The van der Waals surface area contributed by atoms with E-state index in [0.29, 0.717) is 12.2 Å². The number of carbonyl (C=O) groups excluding carboxylic acids is 1. The molecule has 6 heteroatoms. The molecule has 0 aliphatic heterocycles. The fraction of sp³-hybridized carbons (Fsp3) is 0.571. The van der Waals surface area contributed by atoms with Crippen molar-refractivity contribution < 1.29 is 14.7 Å². The second-order valence-corrected chi connectivity index (χ2v) is 7.32. The third-order valence-electron chi connectivity index (χ3n) is 3.84. The standard InChI is InChI=1S/C14H19NO3S2/c1-14(13(17)18)6-2-5-11(14)15-12(16)9-19-8-10-4-3-7-20-10/h3-4,7,11H,2,5-6,8-9H2,1H3,(H,15,16)(H,17,18). The molecule has 1 amide bonds. The fourth-order valence-electron chi connectivity index (χ4n) is 2.53. The van der Waals surface area contributed by atoms with Crippen molar-refractivity contribution >= 4 is 35.0 Å². The van der Waals surface area contributed by atoms with Gasteiger partial charge in [0.1, 0.15) is 0 Å². The third-order valence-corrected chi connectivity index (χ3v) is 5.88. The van der Waals surface area contributed by atoms with Crippen molar-refractivity contribution in [2.24, 2.45) is 5.41 Å². The second kappa shape index (κ2) is 6.63. The lowest BCUT2D eigenvalue weighted by atomic mass is 9.85. The van der Waals surface area contributed by atoms with Crippen LogP contribution in [0.1, 0.15) is 31.1 Å². The Morgan fingerprint density at radius 2 is 2.40 bits per heavy atom. The number of carboxylic acid groups (broad SMARTS) is 1. The second-order valence-electron chi connectivity index (χ2n) is 5.31. The molecule has 110 valence electrons. The number of carboxylic acids is 1. The quantitative estimate of drug-likeness (QED) is 0.847. The first-order valence-corrected chi connectivity index (χ1v) is 8.68. The highest BCUT2D eigenvalue weighted by atomic mass is 32.2. The number of carbonyl (C=O) groups is 2. The van der Waals surface area contributed by atoms with E-state index in [-0.39, 0.29) is 11.9 Å². The summed E-state index contributed by atoms with van der Waals surface area (Å²) < 4.78 is 0. The highest BCUT2D eigenvalue weighted by molar-refractivity contribution is 7.99. The monoisotopic (exact) mass is 313 g/mol. The largest absolute Gasteiger partial charge is 0.481 e. The smallest absolute Gasteiger partial charge is 0.311 e. The van der Waals surface area contributed by atoms with Gasteiger partial charge in [-0.2, -0.15) is 0 Å². The van der Waals surface area contributed by atoms with Crippen LogP contribution in [0, 0.1) is 5.41 Å². The van der Waals surface area contributed by atoms with Gasteiger partial charge in [0.2, 0.25) is 5.91 Å². The molecule has 1 fully saturated rings. The van der Waals surface area contributed by atoms with Crippen LogP contribution in [0.2, 0.25) is 0 Å². The predicted octanol–water partition coefficient (Wildman–Crippen LogP) is 2.74. The third kappa shape index (κ3) is 3.55. The van der Waals surface area contributed by atoms with Gasteiger partial charge in [-0.25, -0.2) is 0 Å². The van der Waals surface area contributed by atoms with E-state index in [1.54, 1.807) is 30.0 Å². The highest BCUT2D eigenvalue weighted by Gasteiger charge is 2.45. The number of thioether (sulfide) groups is 1. The van der Waals surface area contributed by atoms with E-state index in [1.807, 2.05) is 17.5 Å². The van der Waals surface area contributed by atoms with Crippen LogP contribution in [-0.2, 0) is 15.3 Å². The van der Waals surface area contributed by atoms with Crippen molar-refractivity contribution in [3.63, 3.8) is 0 Å². The summed E-state index contributed by atoms with van der Waals surface area (Å²) in [6.45, 7) is 1.73. The molecule has 1 saturated carbocycles. The molecule has 0 spiro atoms. The van der Waals surface area contributed by atoms with Crippen LogP contribution >= 0.6 is 23.1 Å². The molecule has 1 heterocycles. The maximum atomic E-state index is 11.9. The molecule has 2 unspecified atom stereocenters. The van der Waals surface area contributed by atoms with Crippen molar-refractivity contribution in [2.75, 3.05) is 5.75 Å². The van der Waals surface area contributed by atoms with Gasteiger partial charge in [-0.05, 0) is 31.2 Å². The fourth-order valence-corrected chi connectivity index (χ4v) is 4.21. The Labute approximate surface area is 127 Å². The molecule has 20 heavy (non-hydrogen) atoms. The highest BCUT2D eigenvalue weighted by Crippen LogP contribution is 2.38. The van der Waals surface area contributed by atoms with Gasteiger partial charge in [-0.15, -0.1) is 23.1 Å². The maximum absolute atomic E-state index is 11.9. The average Bonchev–Trinajstić information content (AvgIpc) is 3.01. The number of hydrogen-bond donors (Lipinski definition) is 2. The summed E-state index contributed by atoms with van der Waals surface area (Å²) in [6.07, 6.45) is 2.25. The SMILES string of the molecule is CC1(C(=O)O)CCCC1NC(=O)CSCc1cccs1. The molecule has 1 aromatic rings. The van der Waals surface area contributed by atoms with E-state index in [9.17, 15) is 14.7 Å². The topological polar surface area (TPSA) is 66.4 Å². The van der Waals surface area contributed by atoms with E-state index < -0.39 is 11.4 Å². The first-order valence-electron chi connectivity index (χ1n) is 6.65. The molecule has 1 aliphatic rings. The summed E-state index contributed by atoms with van der Waals surface area (Å²) in [7, 11) is 0. The van der Waals surface area contributed by atoms with Gasteiger partial charge >= 0.3 is 5.97 Å². The molecule has 0 aromatic carbocycles. The maximum Gasteiger partial charge on any atom is 0.311 e. The lowest BCUT2D eigenvalue weighted by molar-refractivity contribution is -0.149. The lowest BCUT2D eigenvalue weighted by Gasteiger charge is -2.27. The first kappa shape index (κ1) is 15.4. The van der Waals surface area contributed by atoms with Crippen molar-refractivity contribution in [3.8, 4) is 0 Å². The van der Waals surface area contributed by atoms with Crippen molar-refractivity contribution in [2.45, 2.75) is 38.0 Å². The van der Waals surface area contributed by atoms with E-state index in [2.05, 4.69) is 5.32 Å². The van der Waals surface area contributed by atoms with Crippen LogP contribution in [0.15, 0.2) is 17.5 Å². The molecule has 0 bridgehead atoms. The number of hydrogen-bond acceptors (Lipinski definition) is 4. The van der Waals surface area contributed by atoms with E-state index >= 15 is 0 Å². The number of rotatable bonds is 6. The number of aliphatic carboxylic acids is 1. The van der Waals surface area contributed by atoms with Crippen molar-refractivity contribution in [1.82, 2.24) is 5.32 Å². The molecule has 0 saturated heterocycles. The molecule has 1 aliphatic carbocycles. The van der Waals surface area contributed by atoms with Crippen LogP contribution < -0.4 is 5.32 Å². The Morgan fingerprint density at radius 3 is 3.05 bits per heavy atom. The van der Waals surface area contributed by atoms with E-state index in [1.165, 1.54) is 4.88 Å². The minimum Gasteiger partial charge on any atom is -0.481 e. The van der Waals surface area contributed by atoms with Crippen molar-refractivity contribution in [1.29, 1.82) is 0 Å². The average molecular weight is 313 g/mol. The normalized spacial score (nSPS) is 25.6. The van der Waals surface area contributed by atoms with Gasteiger partial charge in [-0.1, -0.05) is 12.5 Å². The molecule has 2 rings (SSSR count). The molecule has 0 radical (unpaired) electrons. The Hall–Kier alpha value is -1.01. The molecule has 2 atom stereocenters. The number of amides is 1. The van der Waals surface area contributed by atoms with Crippen LogP contribution in [0.5, 0.6) is 0 Å². The Kier molecular flexibility index (Phi) is 5.10. The first-order chi connectivity index (χ1) is 9.52. The summed E-state index contributed by atoms with van der Waals surface area (Å²) in [5, 5.41) is 14.2.